The normalized spacial score (nSPS) is 8.26. The molecule has 0 spiro atoms. The number of benzene rings is 1. The molecule has 19 heavy (non-hydrogen) atoms. The van der Waals surface area contributed by atoms with E-state index in [4.69, 9.17) is 11.5 Å². The Morgan fingerprint density at radius 2 is 2.05 bits per heavy atom. The largest absolute Gasteiger partial charge is 0.356 e. The van der Waals surface area contributed by atoms with Crippen LogP contribution in [0.5, 0.6) is 0 Å². The second-order valence-corrected chi connectivity index (χ2v) is 3.64. The fourth-order valence-corrected chi connectivity index (χ4v) is 1.12. The van der Waals surface area contributed by atoms with Crippen molar-refractivity contribution < 1.29 is 4.39 Å². The van der Waals surface area contributed by atoms with Gasteiger partial charge in [-0.2, -0.15) is 0 Å². The topological polar surface area (TPSA) is 64.1 Å². The molecule has 108 valence electrons. The third-order valence-corrected chi connectivity index (χ3v) is 2.06. The quantitative estimate of drug-likeness (QED) is 0.743. The van der Waals surface area contributed by atoms with Crippen LogP contribution >= 0.6 is 12.2 Å². The Labute approximate surface area is 120 Å². The molecule has 1 aromatic carbocycles. The van der Waals surface area contributed by atoms with Gasteiger partial charge in [-0.25, -0.2) is 4.39 Å². The molecule has 0 aliphatic rings. The Balaban J connectivity index is 0. The molecule has 5 heteroatoms. The van der Waals surface area contributed by atoms with Crippen LogP contribution in [0.4, 0.5) is 4.39 Å². The van der Waals surface area contributed by atoms with Crippen LogP contribution in [-0.2, 0) is 6.42 Å². The monoisotopic (exact) mass is 285 g/mol. The van der Waals surface area contributed by atoms with Crippen molar-refractivity contribution in [2.45, 2.75) is 20.3 Å². The maximum absolute atomic E-state index is 12.4. The van der Waals surface area contributed by atoms with Crippen LogP contribution in [-0.4, -0.2) is 18.1 Å². The summed E-state index contributed by atoms with van der Waals surface area (Å²) in [5, 5.41) is 2.67. The highest BCUT2D eigenvalue weighted by atomic mass is 32.1. The first-order valence-electron chi connectivity index (χ1n) is 6.19. The van der Waals surface area contributed by atoms with Gasteiger partial charge in [-0.05, 0) is 36.9 Å². The Bertz CT molecular complexity index is 356. The van der Waals surface area contributed by atoms with Gasteiger partial charge in [-0.1, -0.05) is 44.8 Å². The first kappa shape index (κ1) is 20.0. The first-order valence-corrected chi connectivity index (χ1v) is 6.59. The lowest BCUT2D eigenvalue weighted by Gasteiger charge is -1.96. The summed E-state index contributed by atoms with van der Waals surface area (Å²) in [6.07, 6.45) is 2.26. The van der Waals surface area contributed by atoms with Crippen molar-refractivity contribution in [2.24, 2.45) is 11.5 Å². The van der Waals surface area contributed by atoms with Gasteiger partial charge in [0.2, 0.25) is 0 Å². The molecule has 1 aromatic rings. The summed E-state index contributed by atoms with van der Waals surface area (Å²) in [6.45, 7) is 8.36. The van der Waals surface area contributed by atoms with E-state index >= 15 is 0 Å². The standard InChI is InChI=1S/C8H10FN.C4H8N2S.C2H6/c9-8-3-1-2-7(6-8)4-5-10;1-2-6-4(7)3-5;1-2/h1-3,6H,4-5,10H2;2H,1,3,5H2,(H,6,7);1-2H3. The minimum Gasteiger partial charge on any atom is -0.356 e. The molecule has 5 N–H and O–H groups in total. The second kappa shape index (κ2) is 14.8. The van der Waals surface area contributed by atoms with E-state index in [-0.39, 0.29) is 5.82 Å². The van der Waals surface area contributed by atoms with Crippen LogP contribution in [0.15, 0.2) is 37.0 Å². The summed E-state index contributed by atoms with van der Waals surface area (Å²) in [4.78, 5) is 0.620. The molecule has 0 saturated carbocycles. The number of hydrogen-bond donors (Lipinski definition) is 3. The summed E-state index contributed by atoms with van der Waals surface area (Å²) in [5.41, 5.74) is 11.4. The fraction of sp³-hybridized carbons (Fsp3) is 0.357. The maximum Gasteiger partial charge on any atom is 0.123 e. The summed E-state index contributed by atoms with van der Waals surface area (Å²) in [7, 11) is 0. The Kier molecular flexibility index (Phi) is 15.6. The Morgan fingerprint density at radius 3 is 2.42 bits per heavy atom. The van der Waals surface area contributed by atoms with E-state index < -0.39 is 0 Å². The van der Waals surface area contributed by atoms with Crippen molar-refractivity contribution in [1.29, 1.82) is 0 Å². The van der Waals surface area contributed by atoms with Crippen LogP contribution in [0.1, 0.15) is 19.4 Å². The van der Waals surface area contributed by atoms with Crippen molar-refractivity contribution in [1.82, 2.24) is 5.32 Å². The number of nitrogens with one attached hydrogen (secondary N) is 1. The van der Waals surface area contributed by atoms with Gasteiger partial charge in [0.1, 0.15) is 5.82 Å². The van der Waals surface area contributed by atoms with Gasteiger partial charge in [0.05, 0.1) is 4.99 Å². The van der Waals surface area contributed by atoms with Crippen molar-refractivity contribution in [3.8, 4) is 0 Å². The van der Waals surface area contributed by atoms with E-state index in [1.807, 2.05) is 19.9 Å². The van der Waals surface area contributed by atoms with Crippen LogP contribution in [0.2, 0.25) is 0 Å². The smallest absolute Gasteiger partial charge is 0.123 e. The van der Waals surface area contributed by atoms with Gasteiger partial charge in [0, 0.05) is 6.54 Å². The molecule has 0 saturated heterocycles. The lowest BCUT2D eigenvalue weighted by Crippen LogP contribution is -2.23. The minimum atomic E-state index is -0.189. The highest BCUT2D eigenvalue weighted by Crippen LogP contribution is 2.02. The Hall–Kier alpha value is -1.30. The van der Waals surface area contributed by atoms with Crippen molar-refractivity contribution in [3.05, 3.63) is 48.4 Å². The van der Waals surface area contributed by atoms with Crippen molar-refractivity contribution in [2.75, 3.05) is 13.1 Å². The number of hydrogen-bond acceptors (Lipinski definition) is 3. The van der Waals surface area contributed by atoms with Gasteiger partial charge in [-0.3, -0.25) is 0 Å². The van der Waals surface area contributed by atoms with Gasteiger partial charge in [0.25, 0.3) is 0 Å². The molecule has 0 atom stereocenters. The number of thiocarbonyl (C=S) groups is 1. The summed E-state index contributed by atoms with van der Waals surface area (Å²) < 4.78 is 12.4. The third-order valence-electron chi connectivity index (χ3n) is 1.77. The Morgan fingerprint density at radius 1 is 1.42 bits per heavy atom. The van der Waals surface area contributed by atoms with Crippen LogP contribution in [0.3, 0.4) is 0 Å². The van der Waals surface area contributed by atoms with E-state index in [0.29, 0.717) is 18.1 Å². The molecule has 0 radical (unpaired) electrons. The van der Waals surface area contributed by atoms with Crippen LogP contribution in [0.25, 0.3) is 0 Å². The molecule has 0 aliphatic carbocycles. The molecule has 0 heterocycles. The number of halogens is 1. The summed E-state index contributed by atoms with van der Waals surface area (Å²) in [5.74, 6) is -0.189. The zero-order valence-electron chi connectivity index (χ0n) is 11.7. The molecule has 0 fully saturated rings. The molecule has 1 rings (SSSR count). The second-order valence-electron chi connectivity index (χ2n) is 3.14. The predicted molar refractivity (Wildman–Crippen MR) is 85.5 cm³/mol. The van der Waals surface area contributed by atoms with Gasteiger partial charge in [-0.15, -0.1) is 0 Å². The number of nitrogens with two attached hydrogens (primary N) is 2. The van der Waals surface area contributed by atoms with E-state index in [1.54, 1.807) is 6.07 Å². The van der Waals surface area contributed by atoms with Crippen LogP contribution in [0, 0.1) is 5.82 Å². The van der Waals surface area contributed by atoms with Gasteiger partial charge < -0.3 is 16.8 Å². The molecule has 0 aromatic heterocycles. The lowest BCUT2D eigenvalue weighted by atomic mass is 10.1. The molecular weight excluding hydrogens is 261 g/mol. The lowest BCUT2D eigenvalue weighted by molar-refractivity contribution is 0.625. The van der Waals surface area contributed by atoms with E-state index in [2.05, 4.69) is 24.1 Å². The summed E-state index contributed by atoms with van der Waals surface area (Å²) >= 11 is 4.65. The summed E-state index contributed by atoms with van der Waals surface area (Å²) in [6, 6.07) is 6.50. The van der Waals surface area contributed by atoms with E-state index in [1.165, 1.54) is 18.3 Å². The molecule has 3 nitrogen and oxygen atoms in total. The maximum atomic E-state index is 12.4. The van der Waals surface area contributed by atoms with Crippen LogP contribution < -0.4 is 16.8 Å². The zero-order valence-corrected chi connectivity index (χ0v) is 12.5. The average Bonchev–Trinajstić information content (AvgIpc) is 2.42. The highest BCUT2D eigenvalue weighted by Gasteiger charge is 1.91. The van der Waals surface area contributed by atoms with Crippen molar-refractivity contribution >= 4 is 17.2 Å². The zero-order chi connectivity index (χ0) is 15.1. The molecule has 0 bridgehead atoms. The predicted octanol–water partition coefficient (Wildman–Crippen LogP) is 2.36. The minimum absolute atomic E-state index is 0.189. The highest BCUT2D eigenvalue weighted by molar-refractivity contribution is 7.80. The fourth-order valence-electron chi connectivity index (χ4n) is 1.03. The van der Waals surface area contributed by atoms with Crippen molar-refractivity contribution in [3.63, 3.8) is 0 Å². The van der Waals surface area contributed by atoms with E-state index in [9.17, 15) is 4.39 Å². The average molecular weight is 285 g/mol. The van der Waals surface area contributed by atoms with Gasteiger partial charge >= 0.3 is 0 Å². The number of rotatable bonds is 4. The third kappa shape index (κ3) is 12.9. The molecule has 0 unspecified atom stereocenters. The van der Waals surface area contributed by atoms with Gasteiger partial charge in [0.15, 0.2) is 0 Å². The molecule has 0 aliphatic heterocycles. The SMILES string of the molecule is C=CNC(=S)CN.CC.NCCc1cccc(F)c1. The van der Waals surface area contributed by atoms with E-state index in [0.717, 1.165) is 12.0 Å². The first-order chi connectivity index (χ1) is 9.13. The molecular formula is C14H24FN3S. The molecule has 0 amide bonds.